The van der Waals surface area contributed by atoms with Crippen LogP contribution in [0.2, 0.25) is 10.0 Å². The summed E-state index contributed by atoms with van der Waals surface area (Å²) in [6.45, 7) is 0. The third-order valence-electron chi connectivity index (χ3n) is 2.42. The second-order valence-electron chi connectivity index (χ2n) is 3.77. The lowest BCUT2D eigenvalue weighted by Gasteiger charge is -2.13. The van der Waals surface area contributed by atoms with Gasteiger partial charge in [0.1, 0.15) is 11.9 Å². The molecule has 0 aliphatic heterocycles. The second kappa shape index (κ2) is 4.89. The number of hydrogen-bond donors (Lipinski definition) is 1. The van der Waals surface area contributed by atoms with Gasteiger partial charge in [0.25, 0.3) is 0 Å². The third-order valence-corrected chi connectivity index (χ3v) is 3.21. The van der Waals surface area contributed by atoms with Crippen LogP contribution in [0.3, 0.4) is 0 Å². The minimum absolute atomic E-state index is 0.0289. The molecule has 0 atom stereocenters. The molecule has 0 amide bonds. The van der Waals surface area contributed by atoms with Crippen molar-refractivity contribution in [2.24, 2.45) is 0 Å². The summed E-state index contributed by atoms with van der Waals surface area (Å²) in [4.78, 5) is 0. The minimum atomic E-state index is -4.59. The predicted octanol–water partition coefficient (Wildman–Crippen LogP) is 3.65. The number of nitrogens with two attached hydrogens (primary N) is 1. The molecule has 1 aromatic heterocycles. The van der Waals surface area contributed by atoms with Crippen molar-refractivity contribution in [2.75, 3.05) is 5.73 Å². The van der Waals surface area contributed by atoms with Gasteiger partial charge < -0.3 is 5.73 Å². The summed E-state index contributed by atoms with van der Waals surface area (Å²) in [5, 5.41) is 12.0. The number of alkyl halides is 3. The zero-order valence-corrected chi connectivity index (χ0v) is 11.1. The van der Waals surface area contributed by atoms with Crippen molar-refractivity contribution >= 4 is 29.0 Å². The van der Waals surface area contributed by atoms with Crippen LogP contribution in [0, 0.1) is 11.3 Å². The maximum atomic E-state index is 12.8. The Labute approximate surface area is 121 Å². The summed E-state index contributed by atoms with van der Waals surface area (Å²) in [7, 11) is 0. The fourth-order valence-electron chi connectivity index (χ4n) is 1.54. The molecule has 1 heterocycles. The lowest BCUT2D eigenvalue weighted by atomic mass is 10.2. The zero-order valence-electron chi connectivity index (χ0n) is 9.54. The maximum absolute atomic E-state index is 12.8. The van der Waals surface area contributed by atoms with Crippen LogP contribution in [0.1, 0.15) is 11.3 Å². The second-order valence-corrected chi connectivity index (χ2v) is 4.55. The van der Waals surface area contributed by atoms with E-state index in [9.17, 15) is 13.2 Å². The van der Waals surface area contributed by atoms with Crippen molar-refractivity contribution in [3.63, 3.8) is 0 Å². The number of nitrogens with zero attached hydrogens (tertiary/aromatic N) is 3. The first kappa shape index (κ1) is 14.5. The Kier molecular flexibility index (Phi) is 3.54. The SMILES string of the molecule is N#Cc1cc(N)n(-c2cc(C(F)(F)F)cc(Cl)c2Cl)n1. The van der Waals surface area contributed by atoms with Gasteiger partial charge in [0.2, 0.25) is 0 Å². The minimum Gasteiger partial charge on any atom is -0.384 e. The molecule has 0 bridgehead atoms. The van der Waals surface area contributed by atoms with Crippen molar-refractivity contribution in [3.05, 3.63) is 39.5 Å². The number of aromatic nitrogens is 2. The molecule has 2 aromatic rings. The summed E-state index contributed by atoms with van der Waals surface area (Å²) in [6, 6.07) is 4.41. The fraction of sp³-hybridized carbons (Fsp3) is 0.0909. The quantitative estimate of drug-likeness (QED) is 0.872. The van der Waals surface area contributed by atoms with E-state index in [-0.39, 0.29) is 27.2 Å². The van der Waals surface area contributed by atoms with Gasteiger partial charge in [0, 0.05) is 6.07 Å². The number of hydrogen-bond acceptors (Lipinski definition) is 3. The molecule has 20 heavy (non-hydrogen) atoms. The molecule has 0 spiro atoms. The molecule has 1 aromatic carbocycles. The topological polar surface area (TPSA) is 67.6 Å². The van der Waals surface area contributed by atoms with Gasteiger partial charge in [-0.3, -0.25) is 0 Å². The highest BCUT2D eigenvalue weighted by Crippen LogP contribution is 2.37. The molecule has 0 aliphatic carbocycles. The van der Waals surface area contributed by atoms with Gasteiger partial charge in [0.15, 0.2) is 5.69 Å². The molecular formula is C11H5Cl2F3N4. The molecule has 0 aliphatic rings. The van der Waals surface area contributed by atoms with Crippen molar-refractivity contribution in [1.29, 1.82) is 5.26 Å². The molecule has 2 N–H and O–H groups in total. The average Bonchev–Trinajstić information content (AvgIpc) is 2.72. The number of benzene rings is 1. The van der Waals surface area contributed by atoms with E-state index in [2.05, 4.69) is 5.10 Å². The monoisotopic (exact) mass is 320 g/mol. The van der Waals surface area contributed by atoms with Crippen molar-refractivity contribution in [3.8, 4) is 11.8 Å². The molecule has 0 saturated carbocycles. The van der Waals surface area contributed by atoms with E-state index in [1.807, 2.05) is 0 Å². The number of rotatable bonds is 1. The molecular weight excluding hydrogens is 316 g/mol. The van der Waals surface area contributed by atoms with Crippen LogP contribution in [0.25, 0.3) is 5.69 Å². The van der Waals surface area contributed by atoms with Crippen molar-refractivity contribution in [2.45, 2.75) is 6.18 Å². The van der Waals surface area contributed by atoms with E-state index in [1.54, 1.807) is 6.07 Å². The van der Waals surface area contributed by atoms with Gasteiger partial charge in [-0.25, -0.2) is 4.68 Å². The molecule has 4 nitrogen and oxygen atoms in total. The Morgan fingerprint density at radius 1 is 1.25 bits per heavy atom. The van der Waals surface area contributed by atoms with Crippen LogP contribution in [0.4, 0.5) is 19.0 Å². The summed E-state index contributed by atoms with van der Waals surface area (Å²) >= 11 is 11.6. The van der Waals surface area contributed by atoms with Gasteiger partial charge in [-0.2, -0.15) is 23.5 Å². The highest BCUT2D eigenvalue weighted by molar-refractivity contribution is 6.43. The molecule has 0 fully saturated rings. The van der Waals surface area contributed by atoms with Gasteiger partial charge >= 0.3 is 6.18 Å². The molecule has 0 unspecified atom stereocenters. The van der Waals surface area contributed by atoms with Gasteiger partial charge in [-0.05, 0) is 12.1 Å². The molecule has 0 radical (unpaired) electrons. The van der Waals surface area contributed by atoms with E-state index in [0.29, 0.717) is 6.07 Å². The number of halogens is 5. The first-order chi connectivity index (χ1) is 9.24. The van der Waals surface area contributed by atoms with E-state index in [0.717, 1.165) is 10.7 Å². The van der Waals surface area contributed by atoms with Crippen LogP contribution in [0.15, 0.2) is 18.2 Å². The lowest BCUT2D eigenvalue weighted by Crippen LogP contribution is -2.09. The number of nitriles is 1. The largest absolute Gasteiger partial charge is 0.416 e. The number of nitrogen functional groups attached to an aromatic ring is 1. The normalized spacial score (nSPS) is 11.4. The zero-order chi connectivity index (χ0) is 15.1. The lowest BCUT2D eigenvalue weighted by molar-refractivity contribution is -0.137. The highest BCUT2D eigenvalue weighted by atomic mass is 35.5. The molecule has 104 valence electrons. The Hall–Kier alpha value is -1.91. The van der Waals surface area contributed by atoms with E-state index >= 15 is 0 Å². The van der Waals surface area contributed by atoms with Gasteiger partial charge in [-0.1, -0.05) is 23.2 Å². The van der Waals surface area contributed by atoms with Gasteiger partial charge in [-0.15, -0.1) is 0 Å². The first-order valence-corrected chi connectivity index (χ1v) is 5.82. The van der Waals surface area contributed by atoms with Crippen LogP contribution in [0.5, 0.6) is 0 Å². The summed E-state index contributed by atoms with van der Waals surface area (Å²) < 4.78 is 39.2. The molecule has 9 heteroatoms. The average molecular weight is 321 g/mol. The Bertz CT molecular complexity index is 716. The standard InChI is InChI=1S/C11H5Cl2F3N4/c12-7-1-5(11(14,15)16)2-8(10(7)13)20-9(18)3-6(4-17)19-20/h1-3H,18H2. The maximum Gasteiger partial charge on any atom is 0.416 e. The van der Waals surface area contributed by atoms with Crippen molar-refractivity contribution in [1.82, 2.24) is 9.78 Å². The fourth-order valence-corrected chi connectivity index (χ4v) is 1.94. The Morgan fingerprint density at radius 2 is 1.90 bits per heavy atom. The highest BCUT2D eigenvalue weighted by Gasteiger charge is 2.32. The first-order valence-electron chi connectivity index (χ1n) is 5.06. The Balaban J connectivity index is 2.70. The van der Waals surface area contributed by atoms with Crippen LogP contribution in [-0.4, -0.2) is 9.78 Å². The molecule has 2 rings (SSSR count). The smallest absolute Gasteiger partial charge is 0.384 e. The Morgan fingerprint density at radius 3 is 2.40 bits per heavy atom. The van der Waals surface area contributed by atoms with Crippen LogP contribution in [-0.2, 0) is 6.18 Å². The van der Waals surface area contributed by atoms with E-state index in [4.69, 9.17) is 34.2 Å². The van der Waals surface area contributed by atoms with Crippen LogP contribution >= 0.6 is 23.2 Å². The van der Waals surface area contributed by atoms with E-state index < -0.39 is 11.7 Å². The van der Waals surface area contributed by atoms with E-state index in [1.165, 1.54) is 6.07 Å². The summed E-state index contributed by atoms with van der Waals surface area (Å²) in [5.41, 5.74) is 4.41. The summed E-state index contributed by atoms with van der Waals surface area (Å²) in [5.74, 6) is -0.0289. The number of anilines is 1. The van der Waals surface area contributed by atoms with Gasteiger partial charge in [0.05, 0.1) is 21.3 Å². The van der Waals surface area contributed by atoms with Crippen LogP contribution < -0.4 is 5.73 Å². The molecule has 0 saturated heterocycles. The summed E-state index contributed by atoms with van der Waals surface area (Å²) in [6.07, 6.45) is -4.59. The predicted molar refractivity (Wildman–Crippen MR) is 67.7 cm³/mol. The van der Waals surface area contributed by atoms with Crippen molar-refractivity contribution < 1.29 is 13.2 Å². The third kappa shape index (κ3) is 2.53.